The number of rotatable bonds is 5. The SMILES string of the molecule is [c]1nc(Cc2ccccc2)sc1COc1ccccc1. The highest BCUT2D eigenvalue weighted by atomic mass is 32.1. The van der Waals surface area contributed by atoms with Gasteiger partial charge in [0.05, 0.1) is 9.88 Å². The normalized spacial score (nSPS) is 10.4. The van der Waals surface area contributed by atoms with Crippen molar-refractivity contribution < 1.29 is 4.74 Å². The van der Waals surface area contributed by atoms with Crippen molar-refractivity contribution in [3.05, 3.63) is 82.3 Å². The average molecular weight is 280 g/mol. The second-order valence-corrected chi connectivity index (χ2v) is 5.57. The van der Waals surface area contributed by atoms with Crippen LogP contribution >= 0.6 is 11.3 Å². The highest BCUT2D eigenvalue weighted by Gasteiger charge is 2.04. The summed E-state index contributed by atoms with van der Waals surface area (Å²) in [6, 6.07) is 20.2. The number of hydrogen-bond donors (Lipinski definition) is 0. The van der Waals surface area contributed by atoms with Crippen LogP contribution in [0, 0.1) is 6.20 Å². The first-order chi connectivity index (χ1) is 9.90. The number of nitrogens with zero attached hydrogens (tertiary/aromatic N) is 1. The van der Waals surface area contributed by atoms with Gasteiger partial charge in [-0.05, 0) is 17.7 Å². The van der Waals surface area contributed by atoms with E-state index in [0.717, 1.165) is 22.1 Å². The topological polar surface area (TPSA) is 22.1 Å². The van der Waals surface area contributed by atoms with E-state index in [9.17, 15) is 0 Å². The summed E-state index contributed by atoms with van der Waals surface area (Å²) >= 11 is 1.66. The molecule has 0 saturated heterocycles. The predicted octanol–water partition coefficient (Wildman–Crippen LogP) is 4.11. The minimum Gasteiger partial charge on any atom is -0.488 e. The van der Waals surface area contributed by atoms with Crippen LogP contribution in [0.3, 0.4) is 0 Å². The summed E-state index contributed by atoms with van der Waals surface area (Å²) < 4.78 is 5.69. The molecule has 0 atom stereocenters. The molecule has 2 aromatic carbocycles. The van der Waals surface area contributed by atoms with E-state index in [4.69, 9.17) is 4.74 Å². The van der Waals surface area contributed by atoms with Crippen molar-refractivity contribution in [2.75, 3.05) is 0 Å². The molecule has 3 rings (SSSR count). The third-order valence-electron chi connectivity index (χ3n) is 2.86. The number of thiazole rings is 1. The first kappa shape index (κ1) is 12.9. The summed E-state index contributed by atoms with van der Waals surface area (Å²) in [6.45, 7) is 0.524. The van der Waals surface area contributed by atoms with Gasteiger partial charge in [0.15, 0.2) is 0 Å². The lowest BCUT2D eigenvalue weighted by atomic mass is 10.2. The van der Waals surface area contributed by atoms with Crippen molar-refractivity contribution in [2.24, 2.45) is 0 Å². The summed E-state index contributed by atoms with van der Waals surface area (Å²) in [6.07, 6.45) is 3.89. The Bertz CT molecular complexity index is 649. The Labute approximate surface area is 122 Å². The number of benzene rings is 2. The zero-order chi connectivity index (χ0) is 13.6. The van der Waals surface area contributed by atoms with Gasteiger partial charge in [-0.2, -0.15) is 0 Å². The standard InChI is InChI=1S/C17H14NOS/c1-3-7-14(8-4-1)11-17-18-12-16(20-17)13-19-15-9-5-2-6-10-15/h1-10H,11,13H2. The summed E-state index contributed by atoms with van der Waals surface area (Å²) in [5.41, 5.74) is 1.27. The second kappa shape index (κ2) is 6.35. The molecule has 1 heterocycles. The van der Waals surface area contributed by atoms with Crippen molar-refractivity contribution in [1.29, 1.82) is 0 Å². The van der Waals surface area contributed by atoms with Crippen LogP contribution in [0.25, 0.3) is 0 Å². The Kier molecular flexibility index (Phi) is 4.09. The Morgan fingerprint density at radius 1 is 0.950 bits per heavy atom. The van der Waals surface area contributed by atoms with Gasteiger partial charge >= 0.3 is 0 Å². The third kappa shape index (κ3) is 3.45. The molecule has 0 aliphatic heterocycles. The van der Waals surface area contributed by atoms with Crippen molar-refractivity contribution in [3.63, 3.8) is 0 Å². The molecule has 99 valence electrons. The fraction of sp³-hybridized carbons (Fsp3) is 0.118. The van der Waals surface area contributed by atoms with E-state index in [0.29, 0.717) is 6.61 Å². The number of para-hydroxylation sites is 1. The largest absolute Gasteiger partial charge is 0.488 e. The Hall–Kier alpha value is -2.13. The van der Waals surface area contributed by atoms with Crippen LogP contribution in [0.15, 0.2) is 60.7 Å². The zero-order valence-electron chi connectivity index (χ0n) is 11.0. The number of ether oxygens (including phenoxy) is 1. The van der Waals surface area contributed by atoms with Crippen LogP contribution in [-0.2, 0) is 13.0 Å². The molecule has 0 unspecified atom stereocenters. The molecule has 0 N–H and O–H groups in total. The molecule has 20 heavy (non-hydrogen) atoms. The molecule has 0 aliphatic carbocycles. The van der Waals surface area contributed by atoms with Gasteiger partial charge in [-0.25, -0.2) is 4.98 Å². The van der Waals surface area contributed by atoms with Gasteiger partial charge in [-0.15, -0.1) is 11.3 Å². The number of aromatic nitrogens is 1. The van der Waals surface area contributed by atoms with Crippen LogP contribution in [0.2, 0.25) is 0 Å². The molecule has 3 heteroatoms. The average Bonchev–Trinajstić information content (AvgIpc) is 2.95. The molecular weight excluding hydrogens is 266 g/mol. The number of hydrogen-bond acceptors (Lipinski definition) is 3. The zero-order valence-corrected chi connectivity index (χ0v) is 11.8. The Morgan fingerprint density at radius 2 is 1.65 bits per heavy atom. The maximum atomic E-state index is 5.69. The first-order valence-electron chi connectivity index (χ1n) is 6.48. The lowest BCUT2D eigenvalue weighted by Crippen LogP contribution is -1.92. The Balaban J connectivity index is 1.60. The van der Waals surface area contributed by atoms with Gasteiger partial charge in [-0.3, -0.25) is 0 Å². The van der Waals surface area contributed by atoms with Crippen LogP contribution < -0.4 is 4.74 Å². The molecule has 0 saturated carbocycles. The molecule has 3 aromatic rings. The fourth-order valence-electron chi connectivity index (χ4n) is 1.89. The summed E-state index contributed by atoms with van der Waals surface area (Å²) in [4.78, 5) is 5.36. The molecule has 0 spiro atoms. The fourth-order valence-corrected chi connectivity index (χ4v) is 2.71. The van der Waals surface area contributed by atoms with Crippen molar-refractivity contribution in [3.8, 4) is 5.75 Å². The van der Waals surface area contributed by atoms with Gasteiger partial charge in [0, 0.05) is 6.42 Å². The quantitative estimate of drug-likeness (QED) is 0.701. The summed E-state index contributed by atoms with van der Waals surface area (Å²) in [5, 5.41) is 1.07. The van der Waals surface area contributed by atoms with E-state index < -0.39 is 0 Å². The molecule has 0 bridgehead atoms. The summed E-state index contributed by atoms with van der Waals surface area (Å²) in [7, 11) is 0. The smallest absolute Gasteiger partial charge is 0.125 e. The maximum absolute atomic E-state index is 5.69. The van der Waals surface area contributed by atoms with E-state index in [2.05, 4.69) is 23.3 Å². The van der Waals surface area contributed by atoms with Gasteiger partial charge in [0.1, 0.15) is 18.6 Å². The maximum Gasteiger partial charge on any atom is 0.125 e. The Morgan fingerprint density at radius 3 is 2.40 bits per heavy atom. The van der Waals surface area contributed by atoms with E-state index in [1.54, 1.807) is 11.3 Å². The van der Waals surface area contributed by atoms with Gasteiger partial charge in [0.2, 0.25) is 0 Å². The lowest BCUT2D eigenvalue weighted by molar-refractivity contribution is 0.309. The first-order valence-corrected chi connectivity index (χ1v) is 7.30. The molecular formula is C17H14NOS. The van der Waals surface area contributed by atoms with E-state index in [1.807, 2.05) is 48.5 Å². The van der Waals surface area contributed by atoms with Crippen LogP contribution in [-0.4, -0.2) is 4.98 Å². The molecule has 0 fully saturated rings. The van der Waals surface area contributed by atoms with Crippen molar-refractivity contribution in [1.82, 2.24) is 4.98 Å². The van der Waals surface area contributed by atoms with E-state index in [1.165, 1.54) is 5.56 Å². The van der Waals surface area contributed by atoms with E-state index in [-0.39, 0.29) is 0 Å². The second-order valence-electron chi connectivity index (χ2n) is 4.41. The molecule has 1 aromatic heterocycles. The van der Waals surface area contributed by atoms with Crippen LogP contribution in [0.4, 0.5) is 0 Å². The van der Waals surface area contributed by atoms with Gasteiger partial charge < -0.3 is 4.74 Å². The highest BCUT2D eigenvalue weighted by molar-refractivity contribution is 7.11. The van der Waals surface area contributed by atoms with Crippen molar-refractivity contribution >= 4 is 11.3 Å². The van der Waals surface area contributed by atoms with E-state index >= 15 is 0 Å². The highest BCUT2D eigenvalue weighted by Crippen LogP contribution is 2.18. The minimum atomic E-state index is 0.524. The van der Waals surface area contributed by atoms with Gasteiger partial charge in [0.25, 0.3) is 0 Å². The monoisotopic (exact) mass is 280 g/mol. The molecule has 0 aliphatic rings. The van der Waals surface area contributed by atoms with Crippen LogP contribution in [0.5, 0.6) is 5.75 Å². The lowest BCUT2D eigenvalue weighted by Gasteiger charge is -2.02. The molecule has 1 radical (unpaired) electrons. The summed E-state index contributed by atoms with van der Waals surface area (Å²) in [5.74, 6) is 0.874. The molecule has 0 amide bonds. The van der Waals surface area contributed by atoms with Gasteiger partial charge in [-0.1, -0.05) is 48.5 Å². The third-order valence-corrected chi connectivity index (χ3v) is 3.78. The molecule has 2 nitrogen and oxygen atoms in total. The van der Waals surface area contributed by atoms with Crippen molar-refractivity contribution in [2.45, 2.75) is 13.0 Å². The van der Waals surface area contributed by atoms with Crippen LogP contribution in [0.1, 0.15) is 15.4 Å². The minimum absolute atomic E-state index is 0.524. The predicted molar refractivity (Wildman–Crippen MR) is 81.0 cm³/mol.